The topological polar surface area (TPSA) is 60.0 Å². The summed E-state index contributed by atoms with van der Waals surface area (Å²) in [4.78, 5) is 5.42. The van der Waals surface area contributed by atoms with Gasteiger partial charge in [0.05, 0.1) is 34.6 Å². The van der Waals surface area contributed by atoms with Crippen LogP contribution < -0.4 is 10.2 Å². The maximum Gasteiger partial charge on any atom is 0.156 e. The first-order valence-corrected chi connectivity index (χ1v) is 8.98. The van der Waals surface area contributed by atoms with Gasteiger partial charge in [-0.25, -0.2) is 0 Å². The van der Waals surface area contributed by atoms with Crippen molar-refractivity contribution >= 4 is 23.2 Å². The van der Waals surface area contributed by atoms with Gasteiger partial charge >= 0.3 is 0 Å². The number of unbranched alkanes of at least 4 members (excludes halogenated alkanes) is 2. The Bertz CT molecular complexity index is 548. The van der Waals surface area contributed by atoms with E-state index in [-0.39, 0.29) is 11.4 Å². The molecular weight excluding hydrogens is 365 g/mol. The number of hydroxylamine groups is 1. The Hall–Kier alpha value is -1.30. The molecule has 0 aliphatic carbocycles. The third kappa shape index (κ3) is 9.68. The van der Waals surface area contributed by atoms with Crippen LogP contribution in [0.2, 0.25) is 10.0 Å². The van der Waals surface area contributed by atoms with Crippen molar-refractivity contribution in [1.29, 1.82) is 0 Å². The van der Waals surface area contributed by atoms with Crippen molar-refractivity contribution in [3.05, 3.63) is 34.1 Å². The number of phenols is 1. The smallest absolute Gasteiger partial charge is 0.156 e. The molecule has 0 aromatic heterocycles. The van der Waals surface area contributed by atoms with Gasteiger partial charge in [-0.15, -0.1) is 0 Å². The van der Waals surface area contributed by atoms with Crippen molar-refractivity contribution in [2.45, 2.75) is 52.6 Å². The van der Waals surface area contributed by atoms with E-state index in [1.165, 1.54) is 12.1 Å². The number of allylic oxidation sites excluding steroid dienone is 1. The molecule has 25 heavy (non-hydrogen) atoms. The highest BCUT2D eigenvalue weighted by Gasteiger charge is 2.10. The molecular formula is C18H27Cl2NO4. The Labute approximate surface area is 159 Å². The van der Waals surface area contributed by atoms with Crippen molar-refractivity contribution in [2.75, 3.05) is 13.2 Å². The van der Waals surface area contributed by atoms with Crippen LogP contribution in [0.15, 0.2) is 24.1 Å². The fourth-order valence-corrected chi connectivity index (χ4v) is 2.35. The van der Waals surface area contributed by atoms with E-state index in [0.717, 1.165) is 25.0 Å². The maximum atomic E-state index is 9.37. The van der Waals surface area contributed by atoms with Crippen LogP contribution in [0.5, 0.6) is 11.5 Å². The highest BCUT2D eigenvalue weighted by molar-refractivity contribution is 6.37. The van der Waals surface area contributed by atoms with Crippen LogP contribution in [0.4, 0.5) is 0 Å². The fourth-order valence-electron chi connectivity index (χ4n) is 1.76. The second-order valence-corrected chi connectivity index (χ2v) is 7.45. The molecule has 0 radical (unpaired) electrons. The number of hydrogen-bond donors (Lipinski definition) is 2. The number of nitrogens with one attached hydrogen (secondary N) is 1. The van der Waals surface area contributed by atoms with E-state index < -0.39 is 0 Å². The molecule has 0 aliphatic rings. The Morgan fingerprint density at radius 1 is 1.12 bits per heavy atom. The van der Waals surface area contributed by atoms with Gasteiger partial charge in [0.15, 0.2) is 5.75 Å². The summed E-state index contributed by atoms with van der Waals surface area (Å²) in [6, 6.07) is 2.81. The minimum Gasteiger partial charge on any atom is -0.508 e. The van der Waals surface area contributed by atoms with Gasteiger partial charge in [-0.1, -0.05) is 23.2 Å². The van der Waals surface area contributed by atoms with E-state index in [1.54, 1.807) is 6.26 Å². The zero-order valence-electron chi connectivity index (χ0n) is 15.2. The van der Waals surface area contributed by atoms with E-state index in [2.05, 4.69) is 5.48 Å². The largest absolute Gasteiger partial charge is 0.508 e. The Morgan fingerprint density at radius 3 is 2.32 bits per heavy atom. The second kappa shape index (κ2) is 10.6. The minimum absolute atomic E-state index is 0.0187. The quantitative estimate of drug-likeness (QED) is 0.315. The van der Waals surface area contributed by atoms with Gasteiger partial charge in [-0.05, 0) is 47.0 Å². The summed E-state index contributed by atoms with van der Waals surface area (Å²) in [6.07, 6.45) is 4.36. The van der Waals surface area contributed by atoms with Gasteiger partial charge < -0.3 is 14.6 Å². The molecule has 5 nitrogen and oxygen atoms in total. The number of phenolic OH excluding ortho intramolecular Hbond substituents is 1. The molecule has 0 saturated heterocycles. The third-order valence-corrected chi connectivity index (χ3v) is 3.48. The molecule has 142 valence electrons. The minimum atomic E-state index is -0.252. The summed E-state index contributed by atoms with van der Waals surface area (Å²) < 4.78 is 11.0. The molecule has 1 aromatic carbocycles. The summed E-state index contributed by atoms with van der Waals surface area (Å²) in [5, 5.41) is 9.98. The van der Waals surface area contributed by atoms with Crippen LogP contribution >= 0.6 is 23.2 Å². The zero-order valence-corrected chi connectivity index (χ0v) is 16.7. The summed E-state index contributed by atoms with van der Waals surface area (Å²) in [5.74, 6) is 0.422. The monoisotopic (exact) mass is 391 g/mol. The first kappa shape index (κ1) is 21.7. The van der Waals surface area contributed by atoms with Gasteiger partial charge in [0.1, 0.15) is 12.0 Å². The highest BCUT2D eigenvalue weighted by atomic mass is 35.5. The summed E-state index contributed by atoms with van der Waals surface area (Å²) in [6.45, 7) is 8.90. The van der Waals surface area contributed by atoms with Crippen LogP contribution in [-0.2, 0) is 9.57 Å². The van der Waals surface area contributed by atoms with Gasteiger partial charge in [0.2, 0.25) is 0 Å². The van der Waals surface area contributed by atoms with E-state index in [4.69, 9.17) is 37.5 Å². The molecule has 0 bridgehead atoms. The lowest BCUT2D eigenvalue weighted by Gasteiger charge is -2.19. The van der Waals surface area contributed by atoms with Crippen molar-refractivity contribution in [2.24, 2.45) is 0 Å². The second-order valence-electron chi connectivity index (χ2n) is 6.64. The van der Waals surface area contributed by atoms with Crippen LogP contribution in [0.25, 0.3) is 0 Å². The number of rotatable bonds is 10. The highest BCUT2D eigenvalue weighted by Crippen LogP contribution is 2.36. The van der Waals surface area contributed by atoms with E-state index in [9.17, 15) is 5.11 Å². The van der Waals surface area contributed by atoms with Crippen LogP contribution in [0.3, 0.4) is 0 Å². The average molecular weight is 392 g/mol. The number of ether oxygens (including phenoxy) is 2. The molecule has 0 spiro atoms. The molecule has 0 atom stereocenters. The maximum absolute atomic E-state index is 9.37. The van der Waals surface area contributed by atoms with Crippen molar-refractivity contribution in [1.82, 2.24) is 5.48 Å². The fraction of sp³-hybridized carbons (Fsp3) is 0.556. The normalized spacial score (nSPS) is 12.2. The van der Waals surface area contributed by atoms with Crippen molar-refractivity contribution in [3.8, 4) is 11.5 Å². The van der Waals surface area contributed by atoms with Gasteiger partial charge in [0.25, 0.3) is 0 Å². The molecule has 0 fully saturated rings. The van der Waals surface area contributed by atoms with Crippen molar-refractivity contribution < 1.29 is 19.4 Å². The molecule has 0 amide bonds. The Morgan fingerprint density at radius 2 is 1.72 bits per heavy atom. The lowest BCUT2D eigenvalue weighted by Crippen LogP contribution is -2.28. The first-order chi connectivity index (χ1) is 11.7. The van der Waals surface area contributed by atoms with Crippen LogP contribution in [0, 0.1) is 0 Å². The molecule has 2 N–H and O–H groups in total. The molecule has 1 rings (SSSR count). The lowest BCUT2D eigenvalue weighted by atomic mass is 10.2. The average Bonchev–Trinajstić information content (AvgIpc) is 2.49. The van der Waals surface area contributed by atoms with Gasteiger partial charge in [0, 0.05) is 12.1 Å². The van der Waals surface area contributed by atoms with Crippen LogP contribution in [0.1, 0.15) is 47.0 Å². The predicted octanol–water partition coefficient (Wildman–Crippen LogP) is 5.45. The molecule has 0 saturated carbocycles. The van der Waals surface area contributed by atoms with Crippen LogP contribution in [-0.4, -0.2) is 23.9 Å². The molecule has 7 heteroatoms. The van der Waals surface area contributed by atoms with E-state index in [1.807, 2.05) is 27.7 Å². The first-order valence-electron chi connectivity index (χ1n) is 8.22. The van der Waals surface area contributed by atoms with Gasteiger partial charge in [-0.3, -0.25) is 10.3 Å². The van der Waals surface area contributed by atoms with E-state index >= 15 is 0 Å². The van der Waals surface area contributed by atoms with Gasteiger partial charge in [-0.2, -0.15) is 0 Å². The van der Waals surface area contributed by atoms with E-state index in [0.29, 0.717) is 29.0 Å². The summed E-state index contributed by atoms with van der Waals surface area (Å²) >= 11 is 12.0. The molecule has 0 heterocycles. The number of benzene rings is 1. The number of hydrogen-bond acceptors (Lipinski definition) is 5. The zero-order chi connectivity index (χ0) is 18.9. The van der Waals surface area contributed by atoms with Crippen molar-refractivity contribution in [3.63, 3.8) is 0 Å². The summed E-state index contributed by atoms with van der Waals surface area (Å²) in [5.41, 5.74) is 3.40. The molecule has 0 unspecified atom stereocenters. The number of halogens is 2. The lowest BCUT2D eigenvalue weighted by molar-refractivity contribution is -0.0589. The SMILES string of the molecule is CC(=COCCCCCOc1c(Cl)cc(O)cc1Cl)NOC(C)(C)C. The summed E-state index contributed by atoms with van der Waals surface area (Å²) in [7, 11) is 0. The third-order valence-electron chi connectivity index (χ3n) is 2.91. The molecule has 1 aromatic rings. The molecule has 0 aliphatic heterocycles. The number of aromatic hydroxyl groups is 1. The standard InChI is InChI=1S/C18H27Cl2NO4/c1-13(21-25-18(2,3)4)12-23-8-6-5-7-9-24-17-15(19)10-14(22)11-16(17)20/h10-12,21-22H,5-9H2,1-4H3. The Balaban J connectivity index is 2.13. The predicted molar refractivity (Wildman–Crippen MR) is 101 cm³/mol. The Kier molecular flexibility index (Phi) is 9.25.